The fourth-order valence-electron chi connectivity index (χ4n) is 1.50. The minimum absolute atomic E-state index is 0.137. The maximum atomic E-state index is 11.5. The molecule has 1 unspecified atom stereocenters. The first kappa shape index (κ1) is 15.0. The summed E-state index contributed by atoms with van der Waals surface area (Å²) >= 11 is 0. The van der Waals surface area contributed by atoms with Gasteiger partial charge in [-0.2, -0.15) is 0 Å². The summed E-state index contributed by atoms with van der Waals surface area (Å²) in [5, 5.41) is 11.2. The Morgan fingerprint density at radius 3 is 2.47 bits per heavy atom. The second-order valence-electron chi connectivity index (χ2n) is 4.28. The minimum atomic E-state index is -1.02. The molecular weight excluding hydrogens is 246 g/mol. The Labute approximate surface area is 112 Å². The molecule has 1 aromatic carbocycles. The van der Waals surface area contributed by atoms with Crippen molar-refractivity contribution in [1.82, 2.24) is 5.32 Å². The average Bonchev–Trinajstić information content (AvgIpc) is 2.38. The van der Waals surface area contributed by atoms with E-state index in [1.165, 1.54) is 0 Å². The lowest BCUT2D eigenvalue weighted by molar-refractivity contribution is -0.142. The van der Waals surface area contributed by atoms with Crippen LogP contribution in [-0.2, 0) is 9.59 Å². The van der Waals surface area contributed by atoms with Gasteiger partial charge in [0, 0.05) is 0 Å². The monoisotopic (exact) mass is 265 g/mol. The molecule has 1 rings (SSSR count). The number of nitrogens with one attached hydrogen (secondary N) is 1. The van der Waals surface area contributed by atoms with Crippen LogP contribution >= 0.6 is 0 Å². The van der Waals surface area contributed by atoms with E-state index in [-0.39, 0.29) is 18.9 Å². The molecule has 0 radical (unpaired) electrons. The molecule has 0 aliphatic carbocycles. The predicted molar refractivity (Wildman–Crippen MR) is 71.1 cm³/mol. The second kappa shape index (κ2) is 7.41. The van der Waals surface area contributed by atoms with E-state index in [2.05, 4.69) is 5.32 Å². The zero-order chi connectivity index (χ0) is 14.3. The van der Waals surface area contributed by atoms with Crippen LogP contribution in [0.5, 0.6) is 5.75 Å². The molecule has 0 saturated heterocycles. The summed E-state index contributed by atoms with van der Waals surface area (Å²) in [7, 11) is 0. The molecule has 0 fully saturated rings. The molecule has 0 saturated carbocycles. The number of carboxylic acid groups (broad SMARTS) is 1. The number of aliphatic carboxylic acids is 1. The fourth-order valence-corrected chi connectivity index (χ4v) is 1.50. The normalized spacial score (nSPS) is 11.7. The zero-order valence-corrected chi connectivity index (χ0v) is 11.2. The summed E-state index contributed by atoms with van der Waals surface area (Å²) in [5.41, 5.74) is 1.14. The fraction of sp³-hybridized carbons (Fsp3) is 0.429. The Bertz CT molecular complexity index is 428. The highest BCUT2D eigenvalue weighted by atomic mass is 16.5. The van der Waals surface area contributed by atoms with Gasteiger partial charge in [-0.05, 0) is 25.5 Å². The highest BCUT2D eigenvalue weighted by Gasteiger charge is 2.17. The first-order chi connectivity index (χ1) is 9.02. The lowest BCUT2D eigenvalue weighted by Crippen LogP contribution is -2.40. The SMILES string of the molecule is CCC(NC(=O)CCOc1ccc(C)cc1)C(=O)O. The predicted octanol–water partition coefficient (Wildman–Crippen LogP) is 1.74. The van der Waals surface area contributed by atoms with E-state index in [0.717, 1.165) is 5.56 Å². The van der Waals surface area contributed by atoms with E-state index >= 15 is 0 Å². The number of carbonyl (C=O) groups is 2. The molecule has 2 N–H and O–H groups in total. The topological polar surface area (TPSA) is 75.6 Å². The third kappa shape index (κ3) is 5.42. The van der Waals surface area contributed by atoms with Gasteiger partial charge >= 0.3 is 5.97 Å². The van der Waals surface area contributed by atoms with Crippen molar-refractivity contribution in [3.05, 3.63) is 29.8 Å². The Hall–Kier alpha value is -2.04. The van der Waals surface area contributed by atoms with Crippen LogP contribution in [0.3, 0.4) is 0 Å². The van der Waals surface area contributed by atoms with Crippen molar-refractivity contribution in [1.29, 1.82) is 0 Å². The summed E-state index contributed by atoms with van der Waals surface area (Å²) in [6.07, 6.45) is 0.498. The molecule has 0 bridgehead atoms. The Balaban J connectivity index is 2.30. The van der Waals surface area contributed by atoms with E-state index < -0.39 is 12.0 Å². The van der Waals surface area contributed by atoms with Crippen molar-refractivity contribution in [3.63, 3.8) is 0 Å². The first-order valence-corrected chi connectivity index (χ1v) is 6.24. The van der Waals surface area contributed by atoms with Crippen molar-refractivity contribution in [2.45, 2.75) is 32.7 Å². The highest BCUT2D eigenvalue weighted by molar-refractivity contribution is 5.83. The Morgan fingerprint density at radius 2 is 1.95 bits per heavy atom. The van der Waals surface area contributed by atoms with E-state index in [0.29, 0.717) is 12.2 Å². The van der Waals surface area contributed by atoms with E-state index in [9.17, 15) is 9.59 Å². The standard InChI is InChI=1S/C14H19NO4/c1-3-12(14(17)18)15-13(16)8-9-19-11-6-4-10(2)5-7-11/h4-7,12H,3,8-9H2,1-2H3,(H,15,16)(H,17,18). The lowest BCUT2D eigenvalue weighted by atomic mass is 10.2. The van der Waals surface area contributed by atoms with Crippen LogP contribution in [0.2, 0.25) is 0 Å². The van der Waals surface area contributed by atoms with Crippen LogP contribution in [0.15, 0.2) is 24.3 Å². The van der Waals surface area contributed by atoms with Gasteiger partial charge < -0.3 is 15.2 Å². The van der Waals surface area contributed by atoms with Gasteiger partial charge in [-0.3, -0.25) is 4.79 Å². The van der Waals surface area contributed by atoms with Crippen molar-refractivity contribution < 1.29 is 19.4 Å². The number of hydrogen-bond acceptors (Lipinski definition) is 3. The third-order valence-electron chi connectivity index (χ3n) is 2.66. The number of hydrogen-bond donors (Lipinski definition) is 2. The van der Waals surface area contributed by atoms with Crippen molar-refractivity contribution in [3.8, 4) is 5.75 Å². The average molecular weight is 265 g/mol. The summed E-state index contributed by atoms with van der Waals surface area (Å²) in [6.45, 7) is 3.92. The molecule has 0 spiro atoms. The summed E-state index contributed by atoms with van der Waals surface area (Å²) in [4.78, 5) is 22.3. The molecule has 104 valence electrons. The Morgan fingerprint density at radius 1 is 1.32 bits per heavy atom. The molecule has 19 heavy (non-hydrogen) atoms. The van der Waals surface area contributed by atoms with Crippen LogP contribution in [0, 0.1) is 6.92 Å². The van der Waals surface area contributed by atoms with E-state index in [1.54, 1.807) is 6.92 Å². The molecular formula is C14H19NO4. The van der Waals surface area contributed by atoms with Crippen molar-refractivity contribution in [2.75, 3.05) is 6.61 Å². The molecule has 0 heterocycles. The maximum absolute atomic E-state index is 11.5. The largest absolute Gasteiger partial charge is 0.493 e. The van der Waals surface area contributed by atoms with Gasteiger partial charge in [0.2, 0.25) is 5.91 Å². The number of aryl methyl sites for hydroxylation is 1. The van der Waals surface area contributed by atoms with Crippen LogP contribution in [0.25, 0.3) is 0 Å². The number of ether oxygens (including phenoxy) is 1. The lowest BCUT2D eigenvalue weighted by Gasteiger charge is -2.12. The molecule has 0 aliphatic rings. The molecule has 0 aliphatic heterocycles. The summed E-state index contributed by atoms with van der Waals surface area (Å²) in [5.74, 6) is -0.639. The Kier molecular flexibility index (Phi) is 5.85. The van der Waals surface area contributed by atoms with Crippen LogP contribution in [-0.4, -0.2) is 29.6 Å². The number of carbonyl (C=O) groups excluding carboxylic acids is 1. The molecule has 1 amide bonds. The van der Waals surface area contributed by atoms with Gasteiger partial charge in [-0.1, -0.05) is 24.6 Å². The third-order valence-corrected chi connectivity index (χ3v) is 2.66. The minimum Gasteiger partial charge on any atom is -0.493 e. The van der Waals surface area contributed by atoms with E-state index in [4.69, 9.17) is 9.84 Å². The van der Waals surface area contributed by atoms with Gasteiger partial charge in [-0.25, -0.2) is 4.79 Å². The van der Waals surface area contributed by atoms with Crippen molar-refractivity contribution >= 4 is 11.9 Å². The number of rotatable bonds is 7. The molecule has 5 heteroatoms. The molecule has 1 aromatic rings. The summed E-state index contributed by atoms with van der Waals surface area (Å²) < 4.78 is 5.40. The van der Waals surface area contributed by atoms with Gasteiger partial charge in [0.15, 0.2) is 0 Å². The van der Waals surface area contributed by atoms with Crippen LogP contribution < -0.4 is 10.1 Å². The summed E-state index contributed by atoms with van der Waals surface area (Å²) in [6, 6.07) is 6.69. The van der Waals surface area contributed by atoms with Gasteiger partial charge in [0.05, 0.1) is 13.0 Å². The molecule has 0 aromatic heterocycles. The van der Waals surface area contributed by atoms with Crippen molar-refractivity contribution in [2.24, 2.45) is 0 Å². The van der Waals surface area contributed by atoms with Gasteiger partial charge in [0.25, 0.3) is 0 Å². The molecule has 1 atom stereocenters. The molecule has 5 nitrogen and oxygen atoms in total. The smallest absolute Gasteiger partial charge is 0.326 e. The van der Waals surface area contributed by atoms with E-state index in [1.807, 2.05) is 31.2 Å². The number of amides is 1. The quantitative estimate of drug-likeness (QED) is 0.787. The second-order valence-corrected chi connectivity index (χ2v) is 4.28. The van der Waals surface area contributed by atoms with Crippen LogP contribution in [0.1, 0.15) is 25.3 Å². The zero-order valence-electron chi connectivity index (χ0n) is 11.2. The first-order valence-electron chi connectivity index (χ1n) is 6.24. The van der Waals surface area contributed by atoms with Crippen LogP contribution in [0.4, 0.5) is 0 Å². The van der Waals surface area contributed by atoms with Gasteiger partial charge in [0.1, 0.15) is 11.8 Å². The van der Waals surface area contributed by atoms with Gasteiger partial charge in [-0.15, -0.1) is 0 Å². The number of benzene rings is 1. The highest BCUT2D eigenvalue weighted by Crippen LogP contribution is 2.11. The maximum Gasteiger partial charge on any atom is 0.326 e. The number of carboxylic acids is 1.